The van der Waals surface area contributed by atoms with Crippen LogP contribution in [0.5, 0.6) is 5.75 Å². The molecule has 0 aromatic heterocycles. The fraction of sp³-hybridized carbons (Fsp3) is 0.394. The lowest BCUT2D eigenvalue weighted by atomic mass is 9.72. The van der Waals surface area contributed by atoms with Crippen LogP contribution in [0.15, 0.2) is 72.8 Å². The van der Waals surface area contributed by atoms with Crippen molar-refractivity contribution in [3.8, 4) is 11.8 Å². The SMILES string of the molecule is CC1c2c(C#N)cc(CCNCCOc3ccccc3)cc2CCC1CCCCOC(=O)c1ccccc1. The second-order valence-corrected chi connectivity index (χ2v) is 10.1. The molecule has 0 saturated heterocycles. The summed E-state index contributed by atoms with van der Waals surface area (Å²) in [7, 11) is 0. The van der Waals surface area contributed by atoms with Crippen LogP contribution in [-0.2, 0) is 17.6 Å². The minimum atomic E-state index is -0.254. The fourth-order valence-corrected chi connectivity index (χ4v) is 5.43. The molecule has 1 N–H and O–H groups in total. The van der Waals surface area contributed by atoms with Crippen molar-refractivity contribution in [3.63, 3.8) is 0 Å². The number of aryl methyl sites for hydroxylation is 1. The van der Waals surface area contributed by atoms with Gasteiger partial charge in [-0.15, -0.1) is 0 Å². The molecule has 0 spiro atoms. The van der Waals surface area contributed by atoms with E-state index >= 15 is 0 Å². The van der Waals surface area contributed by atoms with E-state index in [-0.39, 0.29) is 5.97 Å². The molecule has 2 unspecified atom stereocenters. The summed E-state index contributed by atoms with van der Waals surface area (Å²) in [4.78, 5) is 12.1. The lowest BCUT2D eigenvalue weighted by molar-refractivity contribution is 0.0496. The number of ether oxygens (including phenoxy) is 2. The van der Waals surface area contributed by atoms with E-state index in [0.717, 1.165) is 62.9 Å². The van der Waals surface area contributed by atoms with Gasteiger partial charge in [0.05, 0.1) is 23.8 Å². The molecule has 0 aliphatic heterocycles. The average Bonchev–Trinajstić information content (AvgIpc) is 2.96. The monoisotopic (exact) mass is 510 g/mol. The number of benzene rings is 3. The predicted octanol–water partition coefficient (Wildman–Crippen LogP) is 6.46. The van der Waals surface area contributed by atoms with Crippen LogP contribution in [0.2, 0.25) is 0 Å². The van der Waals surface area contributed by atoms with Crippen LogP contribution >= 0.6 is 0 Å². The van der Waals surface area contributed by atoms with Crippen LogP contribution in [-0.4, -0.2) is 32.3 Å². The van der Waals surface area contributed by atoms with Gasteiger partial charge in [-0.3, -0.25) is 0 Å². The Morgan fingerprint density at radius 3 is 2.53 bits per heavy atom. The number of unbranched alkanes of at least 4 members (excludes halogenated alkanes) is 1. The molecule has 38 heavy (non-hydrogen) atoms. The number of esters is 1. The zero-order valence-electron chi connectivity index (χ0n) is 22.3. The van der Waals surface area contributed by atoms with Crippen molar-refractivity contribution in [2.24, 2.45) is 5.92 Å². The highest BCUT2D eigenvalue weighted by atomic mass is 16.5. The van der Waals surface area contributed by atoms with E-state index in [4.69, 9.17) is 9.47 Å². The number of nitrogens with zero attached hydrogens (tertiary/aromatic N) is 1. The summed E-state index contributed by atoms with van der Waals surface area (Å²) in [6, 6.07) is 25.9. The van der Waals surface area contributed by atoms with Crippen molar-refractivity contribution in [1.82, 2.24) is 5.32 Å². The van der Waals surface area contributed by atoms with E-state index in [1.807, 2.05) is 48.5 Å². The molecule has 5 heteroatoms. The second-order valence-electron chi connectivity index (χ2n) is 10.1. The maximum atomic E-state index is 12.1. The number of nitrogens with one attached hydrogen (secondary N) is 1. The molecule has 198 valence electrons. The molecule has 0 bridgehead atoms. The lowest BCUT2D eigenvalue weighted by Crippen LogP contribution is -2.24. The van der Waals surface area contributed by atoms with Gasteiger partial charge in [0.2, 0.25) is 0 Å². The summed E-state index contributed by atoms with van der Waals surface area (Å²) in [5.41, 5.74) is 5.24. The first-order chi connectivity index (χ1) is 18.7. The van der Waals surface area contributed by atoms with Crippen LogP contribution in [0.3, 0.4) is 0 Å². The number of nitriles is 1. The largest absolute Gasteiger partial charge is 0.492 e. The van der Waals surface area contributed by atoms with Crippen LogP contribution < -0.4 is 10.1 Å². The van der Waals surface area contributed by atoms with E-state index in [2.05, 4.69) is 30.4 Å². The van der Waals surface area contributed by atoms with Gasteiger partial charge in [0.25, 0.3) is 0 Å². The van der Waals surface area contributed by atoms with Gasteiger partial charge in [-0.2, -0.15) is 5.26 Å². The van der Waals surface area contributed by atoms with Crippen molar-refractivity contribution >= 4 is 5.97 Å². The minimum absolute atomic E-state index is 0.254. The third kappa shape index (κ3) is 7.69. The van der Waals surface area contributed by atoms with Crippen LogP contribution in [0.4, 0.5) is 0 Å². The maximum Gasteiger partial charge on any atom is 0.338 e. The zero-order valence-corrected chi connectivity index (χ0v) is 22.3. The van der Waals surface area contributed by atoms with E-state index in [1.165, 1.54) is 16.7 Å². The Morgan fingerprint density at radius 2 is 1.76 bits per heavy atom. The standard InChI is InChI=1S/C33H38N2O3/c1-25-27(10-8-9-20-38-33(36)28-11-4-2-5-12-28)15-16-29-22-26(23-30(24-34)32(25)29)17-18-35-19-21-37-31-13-6-3-7-14-31/h2-7,11-14,22-23,25,27,35H,8-10,15-21H2,1H3. The summed E-state index contributed by atoms with van der Waals surface area (Å²) in [5.74, 6) is 1.55. The fourth-order valence-electron chi connectivity index (χ4n) is 5.43. The van der Waals surface area contributed by atoms with Crippen LogP contribution in [0.1, 0.15) is 71.1 Å². The van der Waals surface area contributed by atoms with Crippen molar-refractivity contribution in [2.75, 3.05) is 26.3 Å². The Labute approximate surface area is 226 Å². The summed E-state index contributed by atoms with van der Waals surface area (Å²) < 4.78 is 11.2. The Kier molecular flexibility index (Phi) is 10.4. The van der Waals surface area contributed by atoms with Gasteiger partial charge in [-0.25, -0.2) is 4.79 Å². The molecule has 3 aromatic carbocycles. The smallest absolute Gasteiger partial charge is 0.338 e. The normalized spacial score (nSPS) is 16.3. The van der Waals surface area contributed by atoms with Crippen molar-refractivity contribution in [3.05, 3.63) is 101 Å². The van der Waals surface area contributed by atoms with Crippen molar-refractivity contribution in [2.45, 2.75) is 51.4 Å². The van der Waals surface area contributed by atoms with Gasteiger partial charge in [0, 0.05) is 6.54 Å². The number of para-hydroxylation sites is 1. The molecule has 1 aliphatic carbocycles. The van der Waals surface area contributed by atoms with Gasteiger partial charge in [-0.05, 0) is 104 Å². The molecule has 4 rings (SSSR count). The molecule has 0 saturated carbocycles. The molecule has 0 amide bonds. The highest BCUT2D eigenvalue weighted by Crippen LogP contribution is 2.40. The summed E-state index contributed by atoms with van der Waals surface area (Å²) in [5, 5.41) is 13.4. The Morgan fingerprint density at radius 1 is 1.00 bits per heavy atom. The van der Waals surface area contributed by atoms with E-state index in [1.54, 1.807) is 12.1 Å². The first-order valence-electron chi connectivity index (χ1n) is 13.8. The molecule has 0 radical (unpaired) electrons. The third-order valence-electron chi connectivity index (χ3n) is 7.49. The number of rotatable bonds is 13. The van der Waals surface area contributed by atoms with E-state index < -0.39 is 0 Å². The Balaban J connectivity index is 1.20. The van der Waals surface area contributed by atoms with Gasteiger partial charge in [0.15, 0.2) is 0 Å². The topological polar surface area (TPSA) is 71.3 Å². The molecule has 1 aliphatic rings. The molecule has 3 aromatic rings. The Hall–Kier alpha value is -3.62. The zero-order chi connectivity index (χ0) is 26.6. The predicted molar refractivity (Wildman–Crippen MR) is 150 cm³/mol. The highest BCUT2D eigenvalue weighted by molar-refractivity contribution is 5.89. The van der Waals surface area contributed by atoms with E-state index in [0.29, 0.717) is 30.6 Å². The summed E-state index contributed by atoms with van der Waals surface area (Å²) in [6.07, 6.45) is 6.03. The average molecular weight is 511 g/mol. The number of carbonyl (C=O) groups excluding carboxylic acids is 1. The van der Waals surface area contributed by atoms with Crippen molar-refractivity contribution < 1.29 is 14.3 Å². The quantitative estimate of drug-likeness (QED) is 0.211. The number of carbonyl (C=O) groups is 1. The second kappa shape index (κ2) is 14.4. The first-order valence-corrected chi connectivity index (χ1v) is 13.8. The first kappa shape index (κ1) is 27.4. The lowest BCUT2D eigenvalue weighted by Gasteiger charge is -2.32. The number of hydrogen-bond donors (Lipinski definition) is 1. The summed E-state index contributed by atoms with van der Waals surface area (Å²) >= 11 is 0. The Bertz CT molecular complexity index is 1200. The van der Waals surface area contributed by atoms with Crippen molar-refractivity contribution in [1.29, 1.82) is 5.26 Å². The molecule has 2 atom stereocenters. The van der Waals surface area contributed by atoms with Gasteiger partial charge < -0.3 is 14.8 Å². The van der Waals surface area contributed by atoms with Crippen LogP contribution in [0.25, 0.3) is 0 Å². The molecule has 0 heterocycles. The van der Waals surface area contributed by atoms with Gasteiger partial charge >= 0.3 is 5.97 Å². The molecule has 5 nitrogen and oxygen atoms in total. The van der Waals surface area contributed by atoms with Crippen LogP contribution in [0, 0.1) is 17.2 Å². The highest BCUT2D eigenvalue weighted by Gasteiger charge is 2.28. The minimum Gasteiger partial charge on any atom is -0.492 e. The van der Waals surface area contributed by atoms with E-state index in [9.17, 15) is 10.1 Å². The third-order valence-corrected chi connectivity index (χ3v) is 7.49. The number of fused-ring (bicyclic) bond motifs is 1. The van der Waals surface area contributed by atoms with Gasteiger partial charge in [0.1, 0.15) is 12.4 Å². The molecular weight excluding hydrogens is 472 g/mol. The van der Waals surface area contributed by atoms with Gasteiger partial charge in [-0.1, -0.05) is 49.4 Å². The number of hydrogen-bond acceptors (Lipinski definition) is 5. The molecular formula is C33H38N2O3. The summed E-state index contributed by atoms with van der Waals surface area (Å²) in [6.45, 7) is 4.99. The molecule has 0 fully saturated rings. The maximum absolute atomic E-state index is 12.1.